The van der Waals surface area contributed by atoms with Crippen molar-refractivity contribution in [3.8, 4) is 0 Å². The van der Waals surface area contributed by atoms with Crippen LogP contribution in [0.15, 0.2) is 18.3 Å². The van der Waals surface area contributed by atoms with Crippen molar-refractivity contribution in [3.63, 3.8) is 0 Å². The van der Waals surface area contributed by atoms with Crippen LogP contribution in [0, 0.1) is 4.78 Å². The summed E-state index contributed by atoms with van der Waals surface area (Å²) >= 11 is 5.55. The quantitative estimate of drug-likeness (QED) is 0.749. The molecule has 0 aliphatic rings. The average Bonchev–Trinajstić information content (AvgIpc) is 1.91. The molecule has 0 aliphatic heterocycles. The molecule has 0 aromatic carbocycles. The molecule has 0 radical (unpaired) electrons. The molecule has 0 fully saturated rings. The van der Waals surface area contributed by atoms with E-state index in [1.165, 1.54) is 6.26 Å². The molecule has 0 bridgehead atoms. The van der Waals surface area contributed by atoms with Crippen molar-refractivity contribution < 1.29 is 4.21 Å². The highest BCUT2D eigenvalue weighted by atomic mass is 35.5. The van der Waals surface area contributed by atoms with Crippen LogP contribution < -0.4 is 0 Å². The third kappa shape index (κ3) is 3.19. The zero-order valence-corrected chi connectivity index (χ0v) is 8.15. The van der Waals surface area contributed by atoms with Gasteiger partial charge in [0.05, 0.1) is 5.75 Å². The van der Waals surface area contributed by atoms with Crippen molar-refractivity contribution in [2.75, 3.05) is 6.26 Å². The largest absolute Gasteiger partial charge is 0.253 e. The Morgan fingerprint density at radius 2 is 2.33 bits per heavy atom. The lowest BCUT2D eigenvalue weighted by atomic mass is 10.3. The SMILES string of the molecule is CS(=N)(=O)Cc1ccc(Cl)nc1. The maximum Gasteiger partial charge on any atom is 0.129 e. The maximum absolute atomic E-state index is 11.0. The Hall–Kier alpha value is -0.610. The first-order valence-corrected chi connectivity index (χ1v) is 5.80. The average molecular weight is 205 g/mol. The van der Waals surface area contributed by atoms with Crippen molar-refractivity contribution in [3.05, 3.63) is 29.0 Å². The minimum Gasteiger partial charge on any atom is -0.253 e. The summed E-state index contributed by atoms with van der Waals surface area (Å²) in [6.45, 7) is 0. The normalized spacial score (nSPS) is 15.5. The van der Waals surface area contributed by atoms with Crippen LogP contribution >= 0.6 is 11.6 Å². The van der Waals surface area contributed by atoms with Crippen LogP contribution in [0.3, 0.4) is 0 Å². The van der Waals surface area contributed by atoms with Gasteiger partial charge in [-0.2, -0.15) is 0 Å². The highest BCUT2D eigenvalue weighted by Gasteiger charge is 2.00. The number of hydrogen-bond acceptors (Lipinski definition) is 3. The van der Waals surface area contributed by atoms with Crippen LogP contribution in [0.25, 0.3) is 0 Å². The van der Waals surface area contributed by atoms with Gasteiger partial charge in [0.1, 0.15) is 5.15 Å². The second-order valence-electron chi connectivity index (χ2n) is 2.64. The van der Waals surface area contributed by atoms with E-state index in [-0.39, 0.29) is 5.75 Å². The van der Waals surface area contributed by atoms with Crippen molar-refractivity contribution in [2.45, 2.75) is 5.75 Å². The topological polar surface area (TPSA) is 53.8 Å². The van der Waals surface area contributed by atoms with Crippen LogP contribution in [-0.2, 0) is 15.5 Å². The van der Waals surface area contributed by atoms with Gasteiger partial charge in [0.25, 0.3) is 0 Å². The van der Waals surface area contributed by atoms with Gasteiger partial charge in [0.2, 0.25) is 0 Å². The van der Waals surface area contributed by atoms with E-state index in [4.69, 9.17) is 16.4 Å². The molecule has 0 saturated carbocycles. The molecule has 5 heteroatoms. The first-order chi connectivity index (χ1) is 5.47. The van der Waals surface area contributed by atoms with E-state index in [9.17, 15) is 4.21 Å². The van der Waals surface area contributed by atoms with E-state index >= 15 is 0 Å². The number of halogens is 1. The number of pyridine rings is 1. The van der Waals surface area contributed by atoms with Crippen molar-refractivity contribution in [1.82, 2.24) is 4.98 Å². The fourth-order valence-electron chi connectivity index (χ4n) is 0.810. The summed E-state index contributed by atoms with van der Waals surface area (Å²) in [4.78, 5) is 3.82. The lowest BCUT2D eigenvalue weighted by Crippen LogP contribution is -1.98. The Bertz CT molecular complexity index is 357. The fraction of sp³-hybridized carbons (Fsp3) is 0.286. The zero-order valence-electron chi connectivity index (χ0n) is 6.58. The van der Waals surface area contributed by atoms with E-state index in [0.29, 0.717) is 5.15 Å². The second-order valence-corrected chi connectivity index (χ2v) is 5.32. The molecule has 1 unspecified atom stereocenters. The highest BCUT2D eigenvalue weighted by molar-refractivity contribution is 7.90. The number of nitrogens with zero attached hydrogens (tertiary/aromatic N) is 1. The molecule has 1 rings (SSSR count). The van der Waals surface area contributed by atoms with Crippen molar-refractivity contribution in [2.24, 2.45) is 0 Å². The van der Waals surface area contributed by atoms with Gasteiger partial charge in [-0.1, -0.05) is 17.7 Å². The Kier molecular flexibility index (Phi) is 2.69. The monoisotopic (exact) mass is 204 g/mol. The molecule has 0 aliphatic carbocycles. The zero-order chi connectivity index (χ0) is 9.19. The summed E-state index contributed by atoms with van der Waals surface area (Å²) < 4.78 is 18.2. The summed E-state index contributed by atoms with van der Waals surface area (Å²) in [6, 6.07) is 3.36. The molecule has 3 nitrogen and oxygen atoms in total. The predicted molar refractivity (Wildman–Crippen MR) is 49.7 cm³/mol. The van der Waals surface area contributed by atoms with Crippen LogP contribution in [-0.4, -0.2) is 15.4 Å². The van der Waals surface area contributed by atoms with Gasteiger partial charge in [-0.25, -0.2) is 9.19 Å². The Labute approximate surface area is 76.8 Å². The van der Waals surface area contributed by atoms with Gasteiger partial charge in [0.15, 0.2) is 0 Å². The fourth-order valence-corrected chi connectivity index (χ4v) is 1.73. The van der Waals surface area contributed by atoms with Crippen LogP contribution in [0.2, 0.25) is 5.15 Å². The summed E-state index contributed by atoms with van der Waals surface area (Å²) in [7, 11) is -2.47. The van der Waals surface area contributed by atoms with Gasteiger partial charge < -0.3 is 0 Å². The molecule has 0 amide bonds. The molecule has 0 saturated heterocycles. The lowest BCUT2D eigenvalue weighted by molar-refractivity contribution is 0.678. The third-order valence-electron chi connectivity index (χ3n) is 1.23. The van der Waals surface area contributed by atoms with Gasteiger partial charge >= 0.3 is 0 Å². The molecule has 66 valence electrons. The van der Waals surface area contributed by atoms with E-state index < -0.39 is 9.73 Å². The Balaban J connectivity index is 2.85. The molecule has 1 aromatic heterocycles. The summed E-state index contributed by atoms with van der Waals surface area (Å²) in [5, 5.41) is 0.409. The predicted octanol–water partition coefficient (Wildman–Crippen LogP) is 1.91. The van der Waals surface area contributed by atoms with Gasteiger partial charge in [0, 0.05) is 22.2 Å². The van der Waals surface area contributed by atoms with E-state index in [2.05, 4.69) is 4.98 Å². The second kappa shape index (κ2) is 3.41. The smallest absolute Gasteiger partial charge is 0.129 e. The summed E-state index contributed by atoms with van der Waals surface area (Å²) in [5.41, 5.74) is 0.780. The molecule has 12 heavy (non-hydrogen) atoms. The molecular formula is C7H9ClN2OS. The minimum absolute atomic E-state index is 0.233. The number of aromatic nitrogens is 1. The summed E-state index contributed by atoms with van der Waals surface area (Å²) in [6.07, 6.45) is 2.95. The van der Waals surface area contributed by atoms with E-state index in [1.807, 2.05) is 0 Å². The lowest BCUT2D eigenvalue weighted by Gasteiger charge is -1.99. The molecule has 0 spiro atoms. The molecule has 1 atom stereocenters. The van der Waals surface area contributed by atoms with Crippen LogP contribution in [0.1, 0.15) is 5.56 Å². The minimum atomic E-state index is -2.47. The molecule has 1 heterocycles. The van der Waals surface area contributed by atoms with Gasteiger partial charge in [-0.3, -0.25) is 4.78 Å². The van der Waals surface area contributed by atoms with Crippen molar-refractivity contribution >= 4 is 21.3 Å². The number of rotatable bonds is 2. The highest BCUT2D eigenvalue weighted by Crippen LogP contribution is 2.07. The van der Waals surface area contributed by atoms with Gasteiger partial charge in [-0.05, 0) is 11.6 Å². The van der Waals surface area contributed by atoms with E-state index in [0.717, 1.165) is 5.56 Å². The third-order valence-corrected chi connectivity index (χ3v) is 2.34. The van der Waals surface area contributed by atoms with Crippen LogP contribution in [0.4, 0.5) is 0 Å². The standard InChI is InChI=1S/C7H9ClN2OS/c1-12(9,11)5-6-2-3-7(8)10-4-6/h2-4,9H,5H2,1H3. The molecule has 1 N–H and O–H groups in total. The summed E-state index contributed by atoms with van der Waals surface area (Å²) in [5.74, 6) is 0.233. The molecular weight excluding hydrogens is 196 g/mol. The van der Waals surface area contributed by atoms with Gasteiger partial charge in [-0.15, -0.1) is 0 Å². The maximum atomic E-state index is 11.0. The Morgan fingerprint density at radius 1 is 1.67 bits per heavy atom. The van der Waals surface area contributed by atoms with Crippen molar-refractivity contribution in [1.29, 1.82) is 4.78 Å². The first-order valence-electron chi connectivity index (χ1n) is 3.29. The van der Waals surface area contributed by atoms with E-state index in [1.54, 1.807) is 18.3 Å². The Morgan fingerprint density at radius 3 is 2.75 bits per heavy atom. The first kappa shape index (κ1) is 9.48. The number of nitrogens with one attached hydrogen (secondary N) is 1. The van der Waals surface area contributed by atoms with Crippen LogP contribution in [0.5, 0.6) is 0 Å². The molecule has 1 aromatic rings. The number of hydrogen-bond donors (Lipinski definition) is 1.